The van der Waals surface area contributed by atoms with Crippen LogP contribution >= 0.6 is 0 Å². The predicted octanol–water partition coefficient (Wildman–Crippen LogP) is 3.21. The van der Waals surface area contributed by atoms with Gasteiger partial charge in [-0.3, -0.25) is 9.59 Å². The summed E-state index contributed by atoms with van der Waals surface area (Å²) in [6, 6.07) is 7.82. The van der Waals surface area contributed by atoms with E-state index in [2.05, 4.69) is 43.3 Å². The molecule has 6 nitrogen and oxygen atoms in total. The van der Waals surface area contributed by atoms with Crippen LogP contribution in [-0.2, 0) is 16.1 Å². The number of Topliss-reactive ketones (excluding diaryl/α,β-unsaturated/α-hetero) is 1. The number of aromatic nitrogens is 3. The molecule has 1 aromatic heterocycles. The summed E-state index contributed by atoms with van der Waals surface area (Å²) < 4.78 is 1.86. The number of rotatable bonds is 7. The van der Waals surface area contributed by atoms with Crippen molar-refractivity contribution in [3.63, 3.8) is 0 Å². The molecule has 0 radical (unpaired) electrons. The summed E-state index contributed by atoms with van der Waals surface area (Å²) in [6.45, 7) is 10.6. The molecule has 2 aromatic rings. The first-order chi connectivity index (χ1) is 12.7. The number of benzene rings is 1. The van der Waals surface area contributed by atoms with Crippen molar-refractivity contribution in [3.05, 3.63) is 24.3 Å². The van der Waals surface area contributed by atoms with Gasteiger partial charge in [0.15, 0.2) is 0 Å². The molecular weight excluding hydrogens is 340 g/mol. The van der Waals surface area contributed by atoms with Gasteiger partial charge in [0.25, 0.3) is 0 Å². The molecule has 6 heteroatoms. The first-order valence-electron chi connectivity index (χ1n) is 9.78. The molecule has 0 unspecified atom stereocenters. The Balaban J connectivity index is 1.63. The van der Waals surface area contributed by atoms with Gasteiger partial charge >= 0.3 is 0 Å². The Labute approximate surface area is 160 Å². The zero-order valence-corrected chi connectivity index (χ0v) is 16.9. The Morgan fingerprint density at radius 1 is 1.30 bits per heavy atom. The van der Waals surface area contributed by atoms with E-state index in [-0.39, 0.29) is 40.9 Å². The van der Waals surface area contributed by atoms with Gasteiger partial charge in [-0.25, -0.2) is 4.68 Å². The normalized spacial score (nSPS) is 22.4. The lowest BCUT2D eigenvalue weighted by molar-refractivity contribution is -0.141. The third-order valence-electron chi connectivity index (χ3n) is 6.33. The van der Waals surface area contributed by atoms with Crippen molar-refractivity contribution in [2.45, 2.75) is 60.0 Å². The van der Waals surface area contributed by atoms with Crippen molar-refractivity contribution in [1.29, 1.82) is 0 Å². The van der Waals surface area contributed by atoms with Crippen LogP contribution in [0.5, 0.6) is 0 Å². The number of amides is 1. The molecule has 3 atom stereocenters. The average Bonchev–Trinajstić information content (AvgIpc) is 3.00. The Morgan fingerprint density at radius 2 is 2.00 bits per heavy atom. The van der Waals surface area contributed by atoms with Crippen LogP contribution in [0.25, 0.3) is 11.0 Å². The molecule has 1 heterocycles. The summed E-state index contributed by atoms with van der Waals surface area (Å²) in [5, 5.41) is 11.6. The van der Waals surface area contributed by atoms with Gasteiger partial charge in [0.05, 0.1) is 18.1 Å². The fourth-order valence-corrected chi connectivity index (χ4v) is 4.20. The van der Waals surface area contributed by atoms with E-state index < -0.39 is 0 Å². The van der Waals surface area contributed by atoms with E-state index in [4.69, 9.17) is 0 Å². The van der Waals surface area contributed by atoms with Crippen molar-refractivity contribution >= 4 is 22.7 Å². The SMILES string of the molecule is CC(=O)[C@H]1C[C@H](CC(=O)N[C@@H](Cn2nnc3ccccc32)C(C)C)C1(C)C. The van der Waals surface area contributed by atoms with Crippen molar-refractivity contribution < 1.29 is 9.59 Å². The van der Waals surface area contributed by atoms with Crippen molar-refractivity contribution in [2.75, 3.05) is 0 Å². The molecule has 146 valence electrons. The Morgan fingerprint density at radius 3 is 2.63 bits per heavy atom. The van der Waals surface area contributed by atoms with Gasteiger partial charge in [-0.05, 0) is 42.7 Å². The molecule has 1 aliphatic carbocycles. The highest BCUT2D eigenvalue weighted by atomic mass is 16.1. The van der Waals surface area contributed by atoms with Crippen molar-refractivity contribution in [2.24, 2.45) is 23.2 Å². The lowest BCUT2D eigenvalue weighted by Gasteiger charge is -2.51. The van der Waals surface area contributed by atoms with Gasteiger partial charge in [0.2, 0.25) is 5.91 Å². The number of carbonyl (C=O) groups is 2. The molecule has 1 N–H and O–H groups in total. The molecular formula is C21H30N4O2. The van der Waals surface area contributed by atoms with Gasteiger partial charge in [-0.2, -0.15) is 0 Å². The third-order valence-corrected chi connectivity index (χ3v) is 6.33. The topological polar surface area (TPSA) is 76.9 Å². The zero-order valence-electron chi connectivity index (χ0n) is 16.9. The number of carbonyl (C=O) groups excluding carboxylic acids is 2. The predicted molar refractivity (Wildman–Crippen MR) is 105 cm³/mol. The minimum absolute atomic E-state index is 0.0191. The quantitative estimate of drug-likeness (QED) is 0.812. The van der Waals surface area contributed by atoms with E-state index in [0.29, 0.717) is 13.0 Å². The monoisotopic (exact) mass is 370 g/mol. The molecule has 1 saturated carbocycles. The Hall–Kier alpha value is -2.24. The summed E-state index contributed by atoms with van der Waals surface area (Å²) in [4.78, 5) is 24.4. The second-order valence-corrected chi connectivity index (χ2v) is 8.80. The van der Waals surface area contributed by atoms with E-state index >= 15 is 0 Å². The molecule has 0 saturated heterocycles. The third kappa shape index (κ3) is 3.89. The Kier molecular flexibility index (Phi) is 5.36. The van der Waals surface area contributed by atoms with Crippen LogP contribution in [0.4, 0.5) is 0 Å². The van der Waals surface area contributed by atoms with E-state index in [1.165, 1.54) is 0 Å². The standard InChI is InChI=1S/C21H30N4O2/c1-13(2)18(12-25-19-9-7-6-8-17(19)23-24-25)22-20(27)11-15-10-16(14(3)26)21(15,4)5/h6-9,13,15-16,18H,10-12H2,1-5H3,(H,22,27)/t15-,16-,18+/m1/s1. The van der Waals surface area contributed by atoms with Gasteiger partial charge in [0.1, 0.15) is 11.3 Å². The number of ketones is 1. The first kappa shape index (κ1) is 19.5. The number of fused-ring (bicyclic) bond motifs is 1. The molecule has 3 rings (SSSR count). The van der Waals surface area contributed by atoms with Crippen LogP contribution in [0.15, 0.2) is 24.3 Å². The second kappa shape index (κ2) is 7.41. The fraction of sp³-hybridized carbons (Fsp3) is 0.619. The summed E-state index contributed by atoms with van der Waals surface area (Å²) in [5.41, 5.74) is 1.73. The minimum Gasteiger partial charge on any atom is -0.351 e. The van der Waals surface area contributed by atoms with Crippen LogP contribution < -0.4 is 5.32 Å². The minimum atomic E-state index is -0.0986. The molecule has 1 fully saturated rings. The fourth-order valence-electron chi connectivity index (χ4n) is 4.20. The summed E-state index contributed by atoms with van der Waals surface area (Å²) >= 11 is 0. The molecule has 0 aliphatic heterocycles. The molecule has 0 spiro atoms. The highest BCUT2D eigenvalue weighted by Gasteiger charge is 2.50. The lowest BCUT2D eigenvalue weighted by Crippen LogP contribution is -2.51. The van der Waals surface area contributed by atoms with Crippen LogP contribution in [0, 0.1) is 23.2 Å². The number of para-hydroxylation sites is 1. The van der Waals surface area contributed by atoms with Gasteiger partial charge in [-0.15, -0.1) is 5.10 Å². The van der Waals surface area contributed by atoms with Gasteiger partial charge in [-0.1, -0.05) is 45.0 Å². The maximum absolute atomic E-state index is 12.7. The molecule has 0 bridgehead atoms. The summed E-state index contributed by atoms with van der Waals surface area (Å²) in [7, 11) is 0. The van der Waals surface area contributed by atoms with Crippen molar-refractivity contribution in [3.8, 4) is 0 Å². The number of nitrogens with one attached hydrogen (secondary N) is 1. The molecule has 1 aliphatic rings. The van der Waals surface area contributed by atoms with Crippen LogP contribution in [0.3, 0.4) is 0 Å². The van der Waals surface area contributed by atoms with Gasteiger partial charge < -0.3 is 5.32 Å². The highest BCUT2D eigenvalue weighted by molar-refractivity contribution is 5.81. The maximum atomic E-state index is 12.7. The summed E-state index contributed by atoms with van der Waals surface area (Å²) in [6.07, 6.45) is 1.29. The highest BCUT2D eigenvalue weighted by Crippen LogP contribution is 2.53. The van der Waals surface area contributed by atoms with E-state index in [0.717, 1.165) is 17.5 Å². The average molecular weight is 370 g/mol. The first-order valence-corrected chi connectivity index (χ1v) is 9.78. The van der Waals surface area contributed by atoms with Crippen LogP contribution in [0.1, 0.15) is 47.5 Å². The van der Waals surface area contributed by atoms with E-state index in [1.54, 1.807) is 6.92 Å². The summed E-state index contributed by atoms with van der Waals surface area (Å²) in [5.74, 6) is 0.897. The van der Waals surface area contributed by atoms with E-state index in [9.17, 15) is 9.59 Å². The molecule has 1 amide bonds. The van der Waals surface area contributed by atoms with E-state index in [1.807, 2.05) is 28.9 Å². The van der Waals surface area contributed by atoms with Gasteiger partial charge in [0, 0.05) is 12.3 Å². The Bertz CT molecular complexity index is 840. The number of hydrogen-bond donors (Lipinski definition) is 1. The maximum Gasteiger partial charge on any atom is 0.220 e. The molecule has 27 heavy (non-hydrogen) atoms. The lowest BCUT2D eigenvalue weighted by atomic mass is 9.52. The number of hydrogen-bond acceptors (Lipinski definition) is 4. The van der Waals surface area contributed by atoms with Crippen molar-refractivity contribution in [1.82, 2.24) is 20.3 Å². The largest absolute Gasteiger partial charge is 0.351 e. The second-order valence-electron chi connectivity index (χ2n) is 8.80. The zero-order chi connectivity index (χ0) is 19.8. The smallest absolute Gasteiger partial charge is 0.220 e. The van der Waals surface area contributed by atoms with Crippen LogP contribution in [0.2, 0.25) is 0 Å². The van der Waals surface area contributed by atoms with Crippen LogP contribution in [-0.4, -0.2) is 32.7 Å². The number of nitrogens with zero attached hydrogens (tertiary/aromatic N) is 3. The molecule has 1 aromatic carbocycles.